The van der Waals surface area contributed by atoms with E-state index >= 15 is 0 Å². The summed E-state index contributed by atoms with van der Waals surface area (Å²) >= 11 is 0. The van der Waals surface area contributed by atoms with Crippen LogP contribution in [-0.4, -0.2) is 5.78 Å². The van der Waals surface area contributed by atoms with Crippen LogP contribution in [0.4, 0.5) is 32.0 Å². The van der Waals surface area contributed by atoms with Crippen molar-refractivity contribution < 1.29 is 31.1 Å². The van der Waals surface area contributed by atoms with Gasteiger partial charge in [-0.25, -0.2) is 0 Å². The molecule has 0 fully saturated rings. The van der Waals surface area contributed by atoms with Gasteiger partial charge < -0.3 is 5.32 Å². The lowest BCUT2D eigenvalue weighted by Gasteiger charge is -2.11. The lowest BCUT2D eigenvalue weighted by atomic mass is 10.0. The van der Waals surface area contributed by atoms with Crippen molar-refractivity contribution in [2.45, 2.75) is 25.3 Å². The van der Waals surface area contributed by atoms with Crippen LogP contribution in [0.25, 0.3) is 0 Å². The van der Waals surface area contributed by atoms with Crippen LogP contribution in [0.2, 0.25) is 0 Å². The van der Waals surface area contributed by atoms with Gasteiger partial charge in [0.2, 0.25) is 0 Å². The molecule has 0 amide bonds. The van der Waals surface area contributed by atoms with Crippen LogP contribution in [0.1, 0.15) is 32.6 Å². The number of rotatable bonds is 6. The van der Waals surface area contributed by atoms with Crippen LogP contribution < -0.4 is 5.32 Å². The maximum absolute atomic E-state index is 12.8. The third kappa shape index (κ3) is 6.10. The van der Waals surface area contributed by atoms with Crippen LogP contribution >= 0.6 is 0 Å². The first-order valence-corrected chi connectivity index (χ1v) is 9.22. The molecule has 0 heterocycles. The maximum Gasteiger partial charge on any atom is 0.416 e. The minimum atomic E-state index is -4.48. The standard InChI is InChI=1S/C23H17F6NO/c24-22(25,26)18-4-1-3-16(11-18)12-21(31)17-9-7-15(8-10-17)14-30-20-6-2-5-19(13-20)23(27,28)29/h1-11,13,30H,12,14H2. The summed E-state index contributed by atoms with van der Waals surface area (Å²) in [5.74, 6) is -0.336. The molecule has 0 aromatic heterocycles. The number of carbonyl (C=O) groups excluding carboxylic acids is 1. The summed E-state index contributed by atoms with van der Waals surface area (Å²) < 4.78 is 76.7. The first-order chi connectivity index (χ1) is 14.5. The van der Waals surface area contributed by atoms with Gasteiger partial charge in [-0.2, -0.15) is 26.3 Å². The largest absolute Gasteiger partial charge is 0.416 e. The molecule has 3 rings (SSSR count). The molecule has 0 saturated heterocycles. The Bertz CT molecular complexity index is 1050. The van der Waals surface area contributed by atoms with Crippen LogP contribution in [0.15, 0.2) is 72.8 Å². The zero-order valence-electron chi connectivity index (χ0n) is 16.0. The molecule has 0 bridgehead atoms. The van der Waals surface area contributed by atoms with E-state index in [9.17, 15) is 31.1 Å². The Balaban J connectivity index is 1.62. The Morgan fingerprint density at radius 3 is 1.90 bits per heavy atom. The van der Waals surface area contributed by atoms with Gasteiger partial charge in [0.15, 0.2) is 5.78 Å². The van der Waals surface area contributed by atoms with Crippen molar-refractivity contribution in [2.24, 2.45) is 0 Å². The van der Waals surface area contributed by atoms with Crippen LogP contribution in [0.3, 0.4) is 0 Å². The van der Waals surface area contributed by atoms with Gasteiger partial charge in [0, 0.05) is 24.2 Å². The summed E-state index contributed by atoms with van der Waals surface area (Å²) in [4.78, 5) is 12.4. The van der Waals surface area contributed by atoms with E-state index < -0.39 is 23.5 Å². The molecule has 3 aromatic rings. The summed E-state index contributed by atoms with van der Waals surface area (Å²) in [6.45, 7) is 0.239. The number of hydrogen-bond donors (Lipinski definition) is 1. The molecule has 2 nitrogen and oxygen atoms in total. The minimum Gasteiger partial charge on any atom is -0.381 e. The van der Waals surface area contributed by atoms with Crippen molar-refractivity contribution in [1.82, 2.24) is 0 Å². The highest BCUT2D eigenvalue weighted by Gasteiger charge is 2.31. The molecule has 0 unspecified atom stereocenters. The molecule has 0 saturated carbocycles. The Morgan fingerprint density at radius 1 is 0.710 bits per heavy atom. The Labute approximate surface area is 174 Å². The maximum atomic E-state index is 12.8. The lowest BCUT2D eigenvalue weighted by Crippen LogP contribution is -2.08. The first-order valence-electron chi connectivity index (χ1n) is 9.22. The second-order valence-electron chi connectivity index (χ2n) is 6.93. The second kappa shape index (κ2) is 8.83. The van der Waals surface area contributed by atoms with Gasteiger partial charge >= 0.3 is 12.4 Å². The average molecular weight is 437 g/mol. The monoisotopic (exact) mass is 437 g/mol. The highest BCUT2D eigenvalue weighted by Crippen LogP contribution is 2.31. The van der Waals surface area contributed by atoms with Gasteiger partial charge in [-0.1, -0.05) is 48.5 Å². The predicted molar refractivity (Wildman–Crippen MR) is 105 cm³/mol. The van der Waals surface area contributed by atoms with Crippen molar-refractivity contribution in [3.63, 3.8) is 0 Å². The highest BCUT2D eigenvalue weighted by molar-refractivity contribution is 5.97. The average Bonchev–Trinajstić information content (AvgIpc) is 2.72. The van der Waals surface area contributed by atoms with E-state index in [4.69, 9.17) is 0 Å². The van der Waals surface area contributed by atoms with Crippen molar-refractivity contribution in [3.05, 3.63) is 101 Å². The number of ketones is 1. The Morgan fingerprint density at radius 2 is 1.29 bits per heavy atom. The summed E-state index contributed by atoms with van der Waals surface area (Å²) in [7, 11) is 0. The fourth-order valence-corrected chi connectivity index (χ4v) is 2.96. The van der Waals surface area contributed by atoms with Gasteiger partial charge in [-0.05, 0) is 35.4 Å². The number of halogens is 6. The van der Waals surface area contributed by atoms with Crippen molar-refractivity contribution in [1.29, 1.82) is 0 Å². The van der Waals surface area contributed by atoms with E-state index in [0.29, 0.717) is 11.3 Å². The molecule has 0 aliphatic heterocycles. The van der Waals surface area contributed by atoms with E-state index in [1.807, 2.05) is 0 Å². The fourth-order valence-electron chi connectivity index (χ4n) is 2.96. The van der Waals surface area contributed by atoms with Crippen molar-refractivity contribution in [2.75, 3.05) is 5.32 Å². The van der Waals surface area contributed by atoms with Gasteiger partial charge in [-0.3, -0.25) is 4.79 Å². The topological polar surface area (TPSA) is 29.1 Å². The van der Waals surface area contributed by atoms with Crippen LogP contribution in [0.5, 0.6) is 0 Å². The Kier molecular flexibility index (Phi) is 6.38. The number of alkyl halides is 6. The number of Topliss-reactive ketones (excluding diaryl/α,β-unsaturated/α-hetero) is 1. The molecule has 0 radical (unpaired) electrons. The van der Waals surface area contributed by atoms with Gasteiger partial charge in [0.1, 0.15) is 0 Å². The second-order valence-corrected chi connectivity index (χ2v) is 6.93. The van der Waals surface area contributed by atoms with Crippen LogP contribution in [0, 0.1) is 0 Å². The minimum absolute atomic E-state index is 0.175. The van der Waals surface area contributed by atoms with E-state index in [0.717, 1.165) is 29.8 Å². The van der Waals surface area contributed by atoms with E-state index in [1.165, 1.54) is 24.3 Å². The smallest absolute Gasteiger partial charge is 0.381 e. The predicted octanol–water partition coefficient (Wildman–Crippen LogP) is 6.76. The summed E-state index contributed by atoms with van der Waals surface area (Å²) in [6.07, 6.45) is -9.08. The number of hydrogen-bond acceptors (Lipinski definition) is 2. The molecule has 31 heavy (non-hydrogen) atoms. The zero-order chi connectivity index (χ0) is 22.6. The van der Waals surface area contributed by atoms with E-state index in [1.54, 1.807) is 24.3 Å². The van der Waals surface area contributed by atoms with Gasteiger partial charge in [0.05, 0.1) is 11.1 Å². The molecule has 0 spiro atoms. The molecule has 1 N–H and O–H groups in total. The van der Waals surface area contributed by atoms with Crippen molar-refractivity contribution in [3.8, 4) is 0 Å². The SMILES string of the molecule is O=C(Cc1cccc(C(F)(F)F)c1)c1ccc(CNc2cccc(C(F)(F)F)c2)cc1. The highest BCUT2D eigenvalue weighted by atomic mass is 19.4. The number of benzene rings is 3. The van der Waals surface area contributed by atoms with Gasteiger partial charge in [0.25, 0.3) is 0 Å². The fraction of sp³-hybridized carbons (Fsp3) is 0.174. The molecule has 0 aliphatic carbocycles. The van der Waals surface area contributed by atoms with E-state index in [-0.39, 0.29) is 24.3 Å². The quantitative estimate of drug-likeness (QED) is 0.341. The molecule has 0 aliphatic rings. The van der Waals surface area contributed by atoms with Gasteiger partial charge in [-0.15, -0.1) is 0 Å². The lowest BCUT2D eigenvalue weighted by molar-refractivity contribution is -0.138. The Hall–Kier alpha value is -3.29. The van der Waals surface area contributed by atoms with E-state index in [2.05, 4.69) is 5.32 Å². The molecule has 0 atom stereocenters. The van der Waals surface area contributed by atoms with Crippen molar-refractivity contribution >= 4 is 11.5 Å². The number of anilines is 1. The number of carbonyl (C=O) groups is 1. The summed E-state index contributed by atoms with van der Waals surface area (Å²) in [5, 5.41) is 2.89. The summed E-state index contributed by atoms with van der Waals surface area (Å²) in [5.41, 5.74) is 0.0600. The normalized spacial score (nSPS) is 11.9. The third-order valence-electron chi connectivity index (χ3n) is 4.58. The first kappa shape index (κ1) is 22.4. The molecule has 8 heteroatoms. The zero-order valence-corrected chi connectivity index (χ0v) is 16.0. The molecular formula is C23H17F6NO. The molecular weight excluding hydrogens is 420 g/mol. The third-order valence-corrected chi connectivity index (χ3v) is 4.58. The van der Waals surface area contributed by atoms with Crippen LogP contribution in [-0.2, 0) is 25.3 Å². The molecule has 3 aromatic carbocycles. The molecule has 162 valence electrons. The number of nitrogens with one attached hydrogen (secondary N) is 1. The summed E-state index contributed by atoms with van der Waals surface area (Å²) in [6, 6.07) is 15.8.